The summed E-state index contributed by atoms with van der Waals surface area (Å²) in [6.07, 6.45) is 25.5. The number of aliphatic carboxylic acids is 3. The van der Waals surface area contributed by atoms with E-state index >= 15 is 0 Å². The maximum atomic E-state index is 11.6. The Balaban J connectivity index is 4.31. The van der Waals surface area contributed by atoms with Crippen molar-refractivity contribution in [1.29, 1.82) is 0 Å². The molecule has 40 heavy (non-hydrogen) atoms. The van der Waals surface area contributed by atoms with Crippen molar-refractivity contribution in [3.05, 3.63) is 12.2 Å². The van der Waals surface area contributed by atoms with Crippen LogP contribution in [0.3, 0.4) is 0 Å². The average molecular weight is 568 g/mol. The molecule has 0 rings (SSSR count). The monoisotopic (exact) mass is 567 g/mol. The number of carbonyl (C=O) groups is 3. The van der Waals surface area contributed by atoms with Crippen molar-refractivity contribution in [2.45, 2.75) is 137 Å². The molecule has 0 aromatic heterocycles. The minimum Gasteiger partial charge on any atom is -0.550 e. The first-order valence-electron chi connectivity index (χ1n) is 16.2. The minimum absolute atomic E-state index is 0.185. The predicted molar refractivity (Wildman–Crippen MR) is 161 cm³/mol. The summed E-state index contributed by atoms with van der Waals surface area (Å²) in [6, 6.07) is 0. The lowest BCUT2D eigenvalue weighted by Crippen LogP contribution is -2.58. The molecule has 0 spiro atoms. The van der Waals surface area contributed by atoms with Crippen LogP contribution in [0.15, 0.2) is 12.2 Å². The van der Waals surface area contributed by atoms with E-state index in [0.29, 0.717) is 6.54 Å². The maximum Gasteiger partial charge on any atom is 0.311 e. The third kappa shape index (κ3) is 20.1. The summed E-state index contributed by atoms with van der Waals surface area (Å²) in [7, 11) is 0. The maximum absolute atomic E-state index is 11.6. The lowest BCUT2D eigenvalue weighted by molar-refractivity contribution is -0.934. The summed E-state index contributed by atoms with van der Waals surface area (Å²) in [4.78, 5) is 34.7. The van der Waals surface area contributed by atoms with Gasteiger partial charge in [-0.1, -0.05) is 96.6 Å². The van der Waals surface area contributed by atoms with Crippen molar-refractivity contribution >= 4 is 17.9 Å². The molecule has 0 saturated heterocycles. The standard InChI is InChI=1S/C33H61NO6/c1-5-6-7-8-9-10-11-12-13-14-15-16-17-18-19-20-21-22-23-24-34(25-28(2)31(35)36,26-29(3)32(37)38)27-30(4)33(39)40/h10-11,28-30H,5-9,12-27H2,1-4H3,(H2-,35,36,37,38,39,40)/b11-10+. The third-order valence-corrected chi connectivity index (χ3v) is 8.12. The lowest BCUT2D eigenvalue weighted by Gasteiger charge is -2.43. The summed E-state index contributed by atoms with van der Waals surface area (Å²) in [5.41, 5.74) is 0. The molecule has 0 aliphatic rings. The first-order chi connectivity index (χ1) is 19.0. The van der Waals surface area contributed by atoms with Gasteiger partial charge in [-0.15, -0.1) is 0 Å². The molecule has 0 aromatic carbocycles. The highest BCUT2D eigenvalue weighted by Gasteiger charge is 2.36. The number of carbonyl (C=O) groups excluding carboxylic acids is 1. The molecule has 7 heteroatoms. The molecule has 0 saturated carbocycles. The average Bonchev–Trinajstić information content (AvgIpc) is 2.89. The molecule has 0 fully saturated rings. The number of allylic oxidation sites excluding steroid dienone is 2. The predicted octanol–water partition coefficient (Wildman–Crippen LogP) is 6.84. The fourth-order valence-electron chi connectivity index (χ4n) is 5.70. The van der Waals surface area contributed by atoms with Gasteiger partial charge in [-0.3, -0.25) is 9.59 Å². The molecular weight excluding hydrogens is 506 g/mol. The molecule has 0 aromatic rings. The Labute approximate surface area is 245 Å². The second-order valence-electron chi connectivity index (χ2n) is 12.3. The van der Waals surface area contributed by atoms with Gasteiger partial charge in [0.15, 0.2) is 0 Å². The van der Waals surface area contributed by atoms with Gasteiger partial charge >= 0.3 is 11.9 Å². The number of hydrogen-bond acceptors (Lipinski definition) is 4. The van der Waals surface area contributed by atoms with Crippen LogP contribution in [-0.2, 0) is 14.4 Å². The summed E-state index contributed by atoms with van der Waals surface area (Å²) < 4.78 is 0.185. The number of rotatable bonds is 28. The van der Waals surface area contributed by atoms with Crippen LogP contribution in [0.4, 0.5) is 0 Å². The van der Waals surface area contributed by atoms with E-state index in [-0.39, 0.29) is 24.1 Å². The van der Waals surface area contributed by atoms with Crippen LogP contribution in [0.2, 0.25) is 0 Å². The van der Waals surface area contributed by atoms with E-state index in [1.54, 1.807) is 20.8 Å². The van der Waals surface area contributed by atoms with Gasteiger partial charge in [0.2, 0.25) is 0 Å². The Morgan fingerprint density at radius 3 is 1.32 bits per heavy atom. The number of carboxylic acids is 3. The number of hydrogen-bond donors (Lipinski definition) is 2. The zero-order valence-electron chi connectivity index (χ0n) is 26.2. The van der Waals surface area contributed by atoms with Crippen molar-refractivity contribution in [2.75, 3.05) is 26.2 Å². The molecule has 3 unspecified atom stereocenters. The van der Waals surface area contributed by atoms with Crippen LogP contribution >= 0.6 is 0 Å². The van der Waals surface area contributed by atoms with Crippen molar-refractivity contribution in [1.82, 2.24) is 0 Å². The van der Waals surface area contributed by atoms with Gasteiger partial charge in [0.1, 0.15) is 11.8 Å². The first kappa shape index (κ1) is 38.1. The Kier molecular flexibility index (Phi) is 22.7. The number of carboxylic acid groups (broad SMARTS) is 3. The normalized spacial score (nSPS) is 15.5. The molecule has 0 amide bonds. The van der Waals surface area contributed by atoms with Crippen molar-refractivity contribution in [3.63, 3.8) is 0 Å². The van der Waals surface area contributed by atoms with Crippen molar-refractivity contribution < 1.29 is 34.2 Å². The van der Waals surface area contributed by atoms with E-state index in [1.807, 2.05) is 0 Å². The van der Waals surface area contributed by atoms with Crippen molar-refractivity contribution in [2.24, 2.45) is 17.8 Å². The van der Waals surface area contributed by atoms with Gasteiger partial charge in [0.25, 0.3) is 0 Å². The summed E-state index contributed by atoms with van der Waals surface area (Å²) in [5.74, 6) is -5.23. The highest BCUT2D eigenvalue weighted by Crippen LogP contribution is 2.22. The van der Waals surface area contributed by atoms with Gasteiger partial charge in [-0.25, -0.2) is 0 Å². The molecule has 7 nitrogen and oxygen atoms in total. The largest absolute Gasteiger partial charge is 0.550 e. The third-order valence-electron chi connectivity index (χ3n) is 8.12. The smallest absolute Gasteiger partial charge is 0.311 e. The fraction of sp³-hybridized carbons (Fsp3) is 0.848. The second-order valence-corrected chi connectivity index (χ2v) is 12.3. The number of nitrogens with zero attached hydrogens (tertiary/aromatic N) is 1. The summed E-state index contributed by atoms with van der Waals surface area (Å²) in [6.45, 7) is 8.25. The SMILES string of the molecule is CCCCCC/C=C/CCCCCCCCCCCCC[N+](CC(C)C(=O)[O-])(CC(C)C(=O)O)CC(C)C(=O)O. The molecule has 0 aliphatic heterocycles. The van der Waals surface area contributed by atoms with Gasteiger partial charge < -0.3 is 24.6 Å². The molecule has 234 valence electrons. The molecule has 0 radical (unpaired) electrons. The van der Waals surface area contributed by atoms with Gasteiger partial charge in [0, 0.05) is 11.9 Å². The summed E-state index contributed by atoms with van der Waals surface area (Å²) >= 11 is 0. The van der Waals surface area contributed by atoms with E-state index in [9.17, 15) is 29.7 Å². The highest BCUT2D eigenvalue weighted by atomic mass is 16.4. The van der Waals surface area contributed by atoms with E-state index in [0.717, 1.165) is 25.7 Å². The zero-order chi connectivity index (χ0) is 30.2. The Bertz CT molecular complexity index is 652. The van der Waals surface area contributed by atoms with E-state index < -0.39 is 35.7 Å². The Hall–Kier alpha value is -1.89. The fourth-order valence-corrected chi connectivity index (χ4v) is 5.70. The van der Waals surface area contributed by atoms with Gasteiger partial charge in [-0.05, 0) is 52.4 Å². The molecule has 0 heterocycles. The molecule has 0 aliphatic carbocycles. The lowest BCUT2D eigenvalue weighted by atomic mass is 10.00. The summed E-state index contributed by atoms with van der Waals surface area (Å²) in [5, 5.41) is 30.5. The Morgan fingerprint density at radius 1 is 0.600 bits per heavy atom. The van der Waals surface area contributed by atoms with Gasteiger partial charge in [0.05, 0.1) is 26.2 Å². The molecular formula is C33H61NO6. The quantitative estimate of drug-likeness (QED) is 0.0608. The van der Waals surface area contributed by atoms with Gasteiger partial charge in [-0.2, -0.15) is 0 Å². The Morgan fingerprint density at radius 2 is 0.950 bits per heavy atom. The van der Waals surface area contributed by atoms with Crippen molar-refractivity contribution in [3.8, 4) is 0 Å². The van der Waals surface area contributed by atoms with E-state index in [1.165, 1.54) is 83.5 Å². The number of unbranched alkanes of at least 4 members (excludes halogenated alkanes) is 15. The van der Waals surface area contributed by atoms with Crippen LogP contribution in [0.1, 0.15) is 137 Å². The second kappa shape index (κ2) is 23.8. The van der Waals surface area contributed by atoms with Crippen LogP contribution in [0.25, 0.3) is 0 Å². The molecule has 3 atom stereocenters. The van der Waals surface area contributed by atoms with E-state index in [2.05, 4.69) is 19.1 Å². The molecule has 2 N–H and O–H groups in total. The van der Waals surface area contributed by atoms with Crippen LogP contribution in [-0.4, -0.2) is 58.8 Å². The number of quaternary nitrogens is 1. The first-order valence-corrected chi connectivity index (χ1v) is 16.2. The highest BCUT2D eigenvalue weighted by molar-refractivity contribution is 5.70. The van der Waals surface area contributed by atoms with Crippen LogP contribution in [0, 0.1) is 17.8 Å². The van der Waals surface area contributed by atoms with Crippen LogP contribution in [0.5, 0.6) is 0 Å². The van der Waals surface area contributed by atoms with E-state index in [4.69, 9.17) is 0 Å². The van der Waals surface area contributed by atoms with Crippen LogP contribution < -0.4 is 5.11 Å². The zero-order valence-corrected chi connectivity index (χ0v) is 26.2. The topological polar surface area (TPSA) is 115 Å². The minimum atomic E-state index is -1.18. The molecule has 0 bridgehead atoms.